The smallest absolute Gasteiger partial charge is 0.220 e. The van der Waals surface area contributed by atoms with Gasteiger partial charge in [0.15, 0.2) is 0 Å². The topological polar surface area (TPSA) is 29.1 Å². The van der Waals surface area contributed by atoms with Gasteiger partial charge in [-0.25, -0.2) is 0 Å². The first-order chi connectivity index (χ1) is 8.73. The van der Waals surface area contributed by atoms with Crippen LogP contribution in [0.3, 0.4) is 0 Å². The normalized spacial score (nSPS) is 29.7. The van der Waals surface area contributed by atoms with E-state index >= 15 is 0 Å². The van der Waals surface area contributed by atoms with Gasteiger partial charge in [0, 0.05) is 12.5 Å². The number of hydrogen-bond acceptors (Lipinski definition) is 1. The molecule has 1 rings (SSSR count). The average molecular weight is 267 g/mol. The van der Waals surface area contributed by atoms with Gasteiger partial charge in [0.05, 0.1) is 0 Å². The van der Waals surface area contributed by atoms with Gasteiger partial charge in [0.1, 0.15) is 0 Å². The number of carbonyl (C=O) groups is 1. The first kappa shape index (κ1) is 16.5. The van der Waals surface area contributed by atoms with Crippen LogP contribution in [-0.2, 0) is 4.79 Å². The highest BCUT2D eigenvalue weighted by Gasteiger charge is 2.51. The number of carbonyl (C=O) groups excluding carboxylic acids is 1. The lowest BCUT2D eigenvalue weighted by molar-refractivity contribution is -0.123. The van der Waals surface area contributed by atoms with Gasteiger partial charge in [0.2, 0.25) is 5.91 Å². The molecule has 0 aliphatic heterocycles. The van der Waals surface area contributed by atoms with Crippen LogP contribution in [0, 0.1) is 16.7 Å². The molecule has 0 radical (unpaired) electrons. The third-order valence-electron chi connectivity index (χ3n) is 5.43. The van der Waals surface area contributed by atoms with Gasteiger partial charge in [-0.2, -0.15) is 0 Å². The van der Waals surface area contributed by atoms with Crippen LogP contribution in [0.4, 0.5) is 0 Å². The quantitative estimate of drug-likeness (QED) is 0.752. The van der Waals surface area contributed by atoms with Crippen LogP contribution in [0.1, 0.15) is 80.1 Å². The van der Waals surface area contributed by atoms with E-state index < -0.39 is 0 Å². The summed E-state index contributed by atoms with van der Waals surface area (Å²) >= 11 is 0. The highest BCUT2D eigenvalue weighted by molar-refractivity contribution is 5.76. The Morgan fingerprint density at radius 1 is 1.32 bits per heavy atom. The molecule has 1 fully saturated rings. The van der Waals surface area contributed by atoms with Gasteiger partial charge in [-0.1, -0.05) is 48.0 Å². The largest absolute Gasteiger partial charge is 0.353 e. The Kier molecular flexibility index (Phi) is 5.46. The Balaban J connectivity index is 2.64. The van der Waals surface area contributed by atoms with Crippen molar-refractivity contribution in [3.8, 4) is 0 Å². The minimum absolute atomic E-state index is 0.245. The highest BCUT2D eigenvalue weighted by Crippen LogP contribution is 2.54. The number of amides is 1. The maximum absolute atomic E-state index is 12.1. The minimum atomic E-state index is 0.245. The molecule has 2 atom stereocenters. The van der Waals surface area contributed by atoms with Crippen LogP contribution >= 0.6 is 0 Å². The molecule has 0 aromatic rings. The molecule has 0 bridgehead atoms. The molecule has 2 nitrogen and oxygen atoms in total. The molecule has 1 saturated carbocycles. The van der Waals surface area contributed by atoms with Crippen LogP contribution in [0.25, 0.3) is 0 Å². The molecule has 1 aliphatic rings. The molecule has 1 aliphatic carbocycles. The monoisotopic (exact) mass is 267 g/mol. The van der Waals surface area contributed by atoms with E-state index in [9.17, 15) is 4.79 Å². The van der Waals surface area contributed by atoms with Crippen molar-refractivity contribution < 1.29 is 4.79 Å². The first-order valence-corrected chi connectivity index (χ1v) is 8.02. The van der Waals surface area contributed by atoms with E-state index in [4.69, 9.17) is 0 Å². The standard InChI is InChI=1S/C17H33NO/c1-7-11-17(6)14(10-12-16(17,4)5)18-15(19)9-8-13(2)3/h13-14H,7-12H2,1-6H3,(H,18,19)/t14?,17-/m0/s1. The van der Waals surface area contributed by atoms with Crippen molar-refractivity contribution in [1.29, 1.82) is 0 Å². The number of nitrogens with one attached hydrogen (secondary N) is 1. The van der Waals surface area contributed by atoms with Crippen molar-refractivity contribution in [2.24, 2.45) is 16.7 Å². The van der Waals surface area contributed by atoms with E-state index in [0.717, 1.165) is 12.8 Å². The molecule has 1 amide bonds. The molecule has 1 N–H and O–H groups in total. The second-order valence-electron chi connectivity index (χ2n) is 7.64. The summed E-state index contributed by atoms with van der Waals surface area (Å²) in [6.45, 7) is 13.7. The van der Waals surface area contributed by atoms with Gasteiger partial charge in [-0.3, -0.25) is 4.79 Å². The summed E-state index contributed by atoms with van der Waals surface area (Å²) in [4.78, 5) is 12.1. The Hall–Kier alpha value is -0.530. The highest BCUT2D eigenvalue weighted by atomic mass is 16.1. The second kappa shape index (κ2) is 6.28. The maximum atomic E-state index is 12.1. The Labute approximate surface area is 119 Å². The van der Waals surface area contributed by atoms with Gasteiger partial charge in [-0.05, 0) is 42.4 Å². The summed E-state index contributed by atoms with van der Waals surface area (Å²) in [7, 11) is 0. The SMILES string of the molecule is CCC[C@@]1(C)C(NC(=O)CCC(C)C)CCC1(C)C. The van der Waals surface area contributed by atoms with Crippen LogP contribution in [0.5, 0.6) is 0 Å². The van der Waals surface area contributed by atoms with Crippen molar-refractivity contribution in [1.82, 2.24) is 5.32 Å². The Morgan fingerprint density at radius 2 is 1.95 bits per heavy atom. The van der Waals surface area contributed by atoms with Crippen molar-refractivity contribution in [3.05, 3.63) is 0 Å². The molecule has 0 saturated heterocycles. The molecular weight excluding hydrogens is 234 g/mol. The first-order valence-electron chi connectivity index (χ1n) is 8.02. The summed E-state index contributed by atoms with van der Waals surface area (Å²) in [5.41, 5.74) is 0.578. The zero-order chi connectivity index (χ0) is 14.7. The van der Waals surface area contributed by atoms with E-state index in [2.05, 4.69) is 46.9 Å². The van der Waals surface area contributed by atoms with Crippen LogP contribution < -0.4 is 5.32 Å². The van der Waals surface area contributed by atoms with Gasteiger partial charge in [0.25, 0.3) is 0 Å². The fraction of sp³-hybridized carbons (Fsp3) is 0.941. The third kappa shape index (κ3) is 3.73. The molecule has 0 spiro atoms. The van der Waals surface area contributed by atoms with E-state index in [1.54, 1.807) is 0 Å². The molecule has 112 valence electrons. The Morgan fingerprint density at radius 3 is 2.47 bits per heavy atom. The lowest BCUT2D eigenvalue weighted by Crippen LogP contribution is -2.47. The van der Waals surface area contributed by atoms with Crippen LogP contribution in [0.15, 0.2) is 0 Å². The summed E-state index contributed by atoms with van der Waals surface area (Å²) in [5.74, 6) is 0.853. The Bertz CT molecular complexity index is 308. The summed E-state index contributed by atoms with van der Waals surface area (Å²) < 4.78 is 0. The molecule has 1 unspecified atom stereocenters. The van der Waals surface area contributed by atoms with Crippen LogP contribution in [-0.4, -0.2) is 11.9 Å². The van der Waals surface area contributed by atoms with E-state index in [-0.39, 0.29) is 11.3 Å². The molecular formula is C17H33NO. The molecule has 2 heteroatoms. The molecule has 0 aromatic carbocycles. The lowest BCUT2D eigenvalue weighted by atomic mass is 9.65. The van der Waals surface area contributed by atoms with Crippen molar-refractivity contribution in [2.75, 3.05) is 0 Å². The van der Waals surface area contributed by atoms with Gasteiger partial charge >= 0.3 is 0 Å². The number of rotatable bonds is 6. The molecule has 0 aromatic heterocycles. The van der Waals surface area contributed by atoms with Gasteiger partial charge < -0.3 is 5.32 Å². The maximum Gasteiger partial charge on any atom is 0.220 e. The molecule has 0 heterocycles. The van der Waals surface area contributed by atoms with Crippen LogP contribution in [0.2, 0.25) is 0 Å². The second-order valence-corrected chi connectivity index (χ2v) is 7.64. The third-order valence-corrected chi connectivity index (χ3v) is 5.43. The fourth-order valence-electron chi connectivity index (χ4n) is 3.53. The summed E-state index contributed by atoms with van der Waals surface area (Å²) in [6, 6.07) is 0.363. The average Bonchev–Trinajstić information content (AvgIpc) is 2.51. The summed E-state index contributed by atoms with van der Waals surface area (Å²) in [5, 5.41) is 3.33. The fourth-order valence-corrected chi connectivity index (χ4v) is 3.53. The van der Waals surface area contributed by atoms with E-state index in [1.165, 1.54) is 19.3 Å². The van der Waals surface area contributed by atoms with Gasteiger partial charge in [-0.15, -0.1) is 0 Å². The van der Waals surface area contributed by atoms with E-state index in [1.807, 2.05) is 0 Å². The summed E-state index contributed by atoms with van der Waals surface area (Å²) in [6.07, 6.45) is 6.42. The van der Waals surface area contributed by atoms with Crippen molar-refractivity contribution in [2.45, 2.75) is 86.1 Å². The number of hydrogen-bond donors (Lipinski definition) is 1. The van der Waals surface area contributed by atoms with Crippen molar-refractivity contribution >= 4 is 5.91 Å². The minimum Gasteiger partial charge on any atom is -0.353 e. The zero-order valence-electron chi connectivity index (χ0n) is 13.8. The van der Waals surface area contributed by atoms with E-state index in [0.29, 0.717) is 23.8 Å². The molecule has 19 heavy (non-hydrogen) atoms. The van der Waals surface area contributed by atoms with Crippen molar-refractivity contribution in [3.63, 3.8) is 0 Å². The predicted octanol–water partition coefficient (Wildman–Crippen LogP) is 4.53. The zero-order valence-corrected chi connectivity index (χ0v) is 13.8. The lowest BCUT2D eigenvalue weighted by Gasteiger charge is -2.42. The predicted molar refractivity (Wildman–Crippen MR) is 82.0 cm³/mol.